The third-order valence-corrected chi connectivity index (χ3v) is 4.82. The fourth-order valence-corrected chi connectivity index (χ4v) is 3.33. The fourth-order valence-electron chi connectivity index (χ4n) is 3.33. The van der Waals surface area contributed by atoms with E-state index in [9.17, 15) is 9.90 Å². The van der Waals surface area contributed by atoms with Crippen molar-refractivity contribution >= 4 is 5.97 Å². The molecule has 9 heteroatoms. The van der Waals surface area contributed by atoms with Gasteiger partial charge < -0.3 is 14.4 Å². The van der Waals surface area contributed by atoms with Crippen molar-refractivity contribution in [2.75, 3.05) is 0 Å². The molecule has 0 aliphatic heterocycles. The zero-order valence-electron chi connectivity index (χ0n) is 15.3. The number of aliphatic carboxylic acids is 1. The van der Waals surface area contributed by atoms with Gasteiger partial charge in [-0.3, -0.25) is 4.79 Å². The van der Waals surface area contributed by atoms with Gasteiger partial charge in [-0.2, -0.15) is 0 Å². The first kappa shape index (κ1) is 18.7. The largest absolute Gasteiger partial charge is 0.489 e. The monoisotopic (exact) mass is 371 g/mol. The molecule has 1 N–H and O–H groups in total. The molecule has 27 heavy (non-hydrogen) atoms. The summed E-state index contributed by atoms with van der Waals surface area (Å²) in [7, 11) is 0. The summed E-state index contributed by atoms with van der Waals surface area (Å²) in [6, 6.07) is 3.57. The van der Waals surface area contributed by atoms with Crippen molar-refractivity contribution in [3.8, 4) is 17.2 Å². The number of hydrogen-bond acceptors (Lipinski definition) is 6. The molecule has 0 spiro atoms. The van der Waals surface area contributed by atoms with Gasteiger partial charge >= 0.3 is 5.97 Å². The first-order valence-electron chi connectivity index (χ1n) is 8.83. The van der Waals surface area contributed by atoms with Crippen molar-refractivity contribution < 1.29 is 19.2 Å². The number of azide groups is 1. The Morgan fingerprint density at radius 3 is 2.93 bits per heavy atom. The standard InChI is InChI=1S/C18H21N5O4/c1-10-14(9-20-23-19)17(27-22-10)15-6-7-16(11(2)21-15)26-13-5-3-4-12(8-13)18(24)25/h6-7,12-13H,3-5,8-9H2,1-2H3,(H,24,25)/t12-,13-/m0/s1. The van der Waals surface area contributed by atoms with Crippen molar-refractivity contribution in [2.45, 2.75) is 52.2 Å². The molecule has 3 rings (SSSR count). The number of carbonyl (C=O) groups is 1. The molecule has 1 fully saturated rings. The molecule has 0 radical (unpaired) electrons. The van der Waals surface area contributed by atoms with Crippen LogP contribution < -0.4 is 4.74 Å². The van der Waals surface area contributed by atoms with Gasteiger partial charge in [-0.25, -0.2) is 4.98 Å². The number of hydrogen-bond donors (Lipinski definition) is 1. The molecule has 2 aromatic rings. The lowest BCUT2D eigenvalue weighted by molar-refractivity contribution is -0.143. The van der Waals surface area contributed by atoms with Gasteiger partial charge in [-0.15, -0.1) is 0 Å². The molecule has 1 saturated carbocycles. The summed E-state index contributed by atoms with van der Waals surface area (Å²) in [5, 5.41) is 16.7. The second kappa shape index (κ2) is 8.09. The minimum Gasteiger partial charge on any atom is -0.489 e. The van der Waals surface area contributed by atoms with E-state index in [1.54, 1.807) is 19.1 Å². The summed E-state index contributed by atoms with van der Waals surface area (Å²) in [4.78, 5) is 18.5. The highest BCUT2D eigenvalue weighted by atomic mass is 16.5. The SMILES string of the molecule is Cc1nc(-c2onc(C)c2CN=[N+]=[N-])ccc1O[C@H]1CCC[C@H](C(=O)O)C1. The molecule has 2 atom stereocenters. The quantitative estimate of drug-likeness (QED) is 0.459. The number of carboxylic acids is 1. The predicted molar refractivity (Wildman–Crippen MR) is 96.1 cm³/mol. The van der Waals surface area contributed by atoms with Crippen LogP contribution in [0.2, 0.25) is 0 Å². The Bertz CT molecular complexity index is 888. The average Bonchev–Trinajstić information content (AvgIpc) is 3.02. The van der Waals surface area contributed by atoms with Crippen molar-refractivity contribution in [2.24, 2.45) is 11.0 Å². The van der Waals surface area contributed by atoms with E-state index in [4.69, 9.17) is 14.8 Å². The minimum absolute atomic E-state index is 0.126. The lowest BCUT2D eigenvalue weighted by Crippen LogP contribution is -2.29. The van der Waals surface area contributed by atoms with Gasteiger partial charge in [-0.05, 0) is 57.2 Å². The maximum Gasteiger partial charge on any atom is 0.306 e. The van der Waals surface area contributed by atoms with E-state index in [1.807, 2.05) is 6.92 Å². The molecule has 0 amide bonds. The third kappa shape index (κ3) is 4.20. The van der Waals surface area contributed by atoms with E-state index < -0.39 is 5.97 Å². The summed E-state index contributed by atoms with van der Waals surface area (Å²) in [5.41, 5.74) is 11.2. The van der Waals surface area contributed by atoms with Gasteiger partial charge in [0.1, 0.15) is 11.4 Å². The van der Waals surface area contributed by atoms with Crippen LogP contribution in [0.1, 0.15) is 42.6 Å². The van der Waals surface area contributed by atoms with Crippen molar-refractivity contribution in [1.82, 2.24) is 10.1 Å². The molecule has 2 aromatic heterocycles. The minimum atomic E-state index is -0.762. The van der Waals surface area contributed by atoms with Crippen LogP contribution in [-0.2, 0) is 11.3 Å². The maximum atomic E-state index is 11.2. The summed E-state index contributed by atoms with van der Waals surface area (Å²) in [6.07, 6.45) is 2.76. The second-order valence-electron chi connectivity index (χ2n) is 6.69. The molecule has 1 aliphatic rings. The molecule has 0 aromatic carbocycles. The smallest absolute Gasteiger partial charge is 0.306 e. The molecule has 1 aliphatic carbocycles. The van der Waals surface area contributed by atoms with Crippen LogP contribution in [0.3, 0.4) is 0 Å². The number of nitrogens with zero attached hydrogens (tertiary/aromatic N) is 5. The normalized spacial score (nSPS) is 19.3. The van der Waals surface area contributed by atoms with Gasteiger partial charge in [0.05, 0.1) is 30.0 Å². The summed E-state index contributed by atoms with van der Waals surface area (Å²) >= 11 is 0. The lowest BCUT2D eigenvalue weighted by atomic mass is 9.87. The first-order chi connectivity index (χ1) is 13.0. The first-order valence-corrected chi connectivity index (χ1v) is 8.83. The maximum absolute atomic E-state index is 11.2. The van der Waals surface area contributed by atoms with E-state index in [0.717, 1.165) is 12.8 Å². The zero-order chi connectivity index (χ0) is 19.4. The molecule has 0 unspecified atom stereocenters. The molecule has 2 heterocycles. The highest BCUT2D eigenvalue weighted by molar-refractivity contribution is 5.70. The number of pyridine rings is 1. The molecule has 0 saturated heterocycles. The summed E-state index contributed by atoms with van der Waals surface area (Å²) < 4.78 is 11.4. The van der Waals surface area contributed by atoms with Crippen LogP contribution in [0.25, 0.3) is 21.9 Å². The van der Waals surface area contributed by atoms with Crippen molar-refractivity contribution in [3.63, 3.8) is 0 Å². The Morgan fingerprint density at radius 2 is 2.22 bits per heavy atom. The van der Waals surface area contributed by atoms with E-state index in [2.05, 4.69) is 20.2 Å². The second-order valence-corrected chi connectivity index (χ2v) is 6.69. The number of carboxylic acid groups (broad SMARTS) is 1. The predicted octanol–water partition coefficient (Wildman–Crippen LogP) is 4.19. The topological polar surface area (TPSA) is 134 Å². The van der Waals surface area contributed by atoms with Gasteiger partial charge in [0.2, 0.25) is 0 Å². The van der Waals surface area contributed by atoms with Crippen LogP contribution in [0.5, 0.6) is 5.75 Å². The number of aryl methyl sites for hydroxylation is 2. The Balaban J connectivity index is 1.78. The highest BCUT2D eigenvalue weighted by Gasteiger charge is 2.28. The van der Waals surface area contributed by atoms with Crippen LogP contribution in [0.4, 0.5) is 0 Å². The van der Waals surface area contributed by atoms with Gasteiger partial charge in [-0.1, -0.05) is 10.3 Å². The van der Waals surface area contributed by atoms with Gasteiger partial charge in [0.25, 0.3) is 0 Å². The number of aromatic nitrogens is 2. The zero-order valence-corrected chi connectivity index (χ0v) is 15.3. The Kier molecular flexibility index (Phi) is 5.61. The Morgan fingerprint density at radius 1 is 1.41 bits per heavy atom. The van der Waals surface area contributed by atoms with E-state index in [-0.39, 0.29) is 18.6 Å². The molecular weight excluding hydrogens is 350 g/mol. The van der Waals surface area contributed by atoms with Crippen molar-refractivity contribution in [1.29, 1.82) is 0 Å². The van der Waals surface area contributed by atoms with Crippen LogP contribution in [-0.4, -0.2) is 27.3 Å². The Hall–Kier alpha value is -3.06. The molecule has 9 nitrogen and oxygen atoms in total. The molecule has 142 valence electrons. The Labute approximate surface area is 156 Å². The average molecular weight is 371 g/mol. The molecule has 0 bridgehead atoms. The summed E-state index contributed by atoms with van der Waals surface area (Å²) in [5.74, 6) is -0.0146. The highest BCUT2D eigenvalue weighted by Crippen LogP contribution is 2.31. The summed E-state index contributed by atoms with van der Waals surface area (Å²) in [6.45, 7) is 3.74. The number of rotatable bonds is 6. The van der Waals surface area contributed by atoms with Crippen LogP contribution in [0, 0.1) is 19.8 Å². The lowest BCUT2D eigenvalue weighted by Gasteiger charge is -2.27. The fraction of sp³-hybridized carbons (Fsp3) is 0.500. The van der Waals surface area contributed by atoms with Crippen LogP contribution in [0.15, 0.2) is 21.8 Å². The number of ether oxygens (including phenoxy) is 1. The van der Waals surface area contributed by atoms with E-state index in [1.165, 1.54) is 0 Å². The van der Waals surface area contributed by atoms with E-state index >= 15 is 0 Å². The van der Waals surface area contributed by atoms with Crippen molar-refractivity contribution in [3.05, 3.63) is 39.5 Å². The van der Waals surface area contributed by atoms with Gasteiger partial charge in [0.15, 0.2) is 5.76 Å². The van der Waals surface area contributed by atoms with E-state index in [0.29, 0.717) is 47.0 Å². The third-order valence-electron chi connectivity index (χ3n) is 4.82. The molecular formula is C18H21N5O4. The van der Waals surface area contributed by atoms with Crippen LogP contribution >= 0.6 is 0 Å². The van der Waals surface area contributed by atoms with Gasteiger partial charge in [0, 0.05) is 10.5 Å².